The molecule has 2 heterocycles. The lowest BCUT2D eigenvalue weighted by Crippen LogP contribution is -2.44. The van der Waals surface area contributed by atoms with Crippen LogP contribution >= 0.6 is 0 Å². The number of amides is 1. The zero-order valence-corrected chi connectivity index (χ0v) is 16.6. The molecule has 1 atom stereocenters. The minimum Gasteiger partial charge on any atom is -0.444 e. The summed E-state index contributed by atoms with van der Waals surface area (Å²) >= 11 is 0. The molecule has 3 rings (SSSR count). The maximum atomic E-state index is 12.5. The SMILES string of the molecule is CN(C[C@@H]1CCCN1C(=O)OC(C)(C)C)c1cnc2cc([N+](=O)[O-])ccc2n1. The molecule has 1 aromatic carbocycles. The second-order valence-electron chi connectivity index (χ2n) is 8.01. The van der Waals surface area contributed by atoms with Crippen LogP contribution in [0, 0.1) is 10.1 Å². The molecule has 9 nitrogen and oxygen atoms in total. The number of fused-ring (bicyclic) bond motifs is 1. The largest absolute Gasteiger partial charge is 0.444 e. The topological polar surface area (TPSA) is 102 Å². The van der Waals surface area contributed by atoms with Gasteiger partial charge in [0.2, 0.25) is 0 Å². The van der Waals surface area contributed by atoms with Crippen LogP contribution in [-0.4, -0.2) is 57.7 Å². The van der Waals surface area contributed by atoms with Crippen molar-refractivity contribution >= 4 is 28.6 Å². The van der Waals surface area contributed by atoms with Gasteiger partial charge in [-0.3, -0.25) is 15.1 Å². The number of carbonyl (C=O) groups excluding carboxylic acids is 1. The van der Waals surface area contributed by atoms with Gasteiger partial charge in [-0.25, -0.2) is 9.78 Å². The van der Waals surface area contributed by atoms with Crippen molar-refractivity contribution in [2.75, 3.05) is 25.0 Å². The number of nitro benzene ring substituents is 1. The molecule has 0 unspecified atom stereocenters. The van der Waals surface area contributed by atoms with Crippen molar-refractivity contribution in [3.05, 3.63) is 34.5 Å². The molecule has 0 radical (unpaired) electrons. The Kier molecular flexibility index (Phi) is 5.35. The van der Waals surface area contributed by atoms with Gasteiger partial charge in [0.25, 0.3) is 5.69 Å². The average Bonchev–Trinajstić information content (AvgIpc) is 3.07. The monoisotopic (exact) mass is 387 g/mol. The number of likely N-dealkylation sites (tertiary alicyclic amines) is 1. The zero-order chi connectivity index (χ0) is 20.5. The number of rotatable bonds is 4. The quantitative estimate of drug-likeness (QED) is 0.585. The molecule has 1 fully saturated rings. The van der Waals surface area contributed by atoms with Crippen LogP contribution in [0.3, 0.4) is 0 Å². The smallest absolute Gasteiger partial charge is 0.410 e. The molecule has 1 saturated heterocycles. The van der Waals surface area contributed by atoms with Crippen molar-refractivity contribution in [1.29, 1.82) is 0 Å². The lowest BCUT2D eigenvalue weighted by Gasteiger charge is -2.31. The van der Waals surface area contributed by atoms with Crippen molar-refractivity contribution in [3.8, 4) is 0 Å². The molecule has 2 aromatic rings. The molecule has 0 N–H and O–H groups in total. The number of hydrogen-bond donors (Lipinski definition) is 0. The summed E-state index contributed by atoms with van der Waals surface area (Å²) in [5.41, 5.74) is 0.526. The minimum atomic E-state index is -0.525. The summed E-state index contributed by atoms with van der Waals surface area (Å²) in [6, 6.07) is 4.46. The molecule has 1 aliphatic heterocycles. The van der Waals surface area contributed by atoms with Gasteiger partial charge in [0.05, 0.1) is 28.2 Å². The number of aromatic nitrogens is 2. The lowest BCUT2D eigenvalue weighted by atomic mass is 10.2. The number of benzene rings is 1. The highest BCUT2D eigenvalue weighted by molar-refractivity contribution is 5.78. The van der Waals surface area contributed by atoms with E-state index in [-0.39, 0.29) is 17.8 Å². The Morgan fingerprint density at radius 2 is 2.14 bits per heavy atom. The van der Waals surface area contributed by atoms with Gasteiger partial charge in [0, 0.05) is 32.3 Å². The summed E-state index contributed by atoms with van der Waals surface area (Å²) in [6.07, 6.45) is 3.14. The van der Waals surface area contributed by atoms with E-state index in [0.29, 0.717) is 29.9 Å². The third-order valence-corrected chi connectivity index (χ3v) is 4.60. The van der Waals surface area contributed by atoms with Crippen LogP contribution in [0.15, 0.2) is 24.4 Å². The minimum absolute atomic E-state index is 0.0122. The Morgan fingerprint density at radius 3 is 2.82 bits per heavy atom. The number of likely N-dealkylation sites (N-methyl/N-ethyl adjacent to an activating group) is 1. The van der Waals surface area contributed by atoms with Crippen molar-refractivity contribution in [2.45, 2.75) is 45.3 Å². The Morgan fingerprint density at radius 1 is 1.39 bits per heavy atom. The molecular formula is C19H25N5O4. The fourth-order valence-electron chi connectivity index (χ4n) is 3.28. The highest BCUT2D eigenvalue weighted by Crippen LogP contribution is 2.24. The van der Waals surface area contributed by atoms with E-state index in [1.54, 1.807) is 17.2 Å². The van der Waals surface area contributed by atoms with Crippen LogP contribution < -0.4 is 4.90 Å². The second-order valence-corrected chi connectivity index (χ2v) is 8.01. The summed E-state index contributed by atoms with van der Waals surface area (Å²) in [5, 5.41) is 10.9. The highest BCUT2D eigenvalue weighted by Gasteiger charge is 2.33. The number of nitro groups is 1. The first-order valence-electron chi connectivity index (χ1n) is 9.26. The van der Waals surface area contributed by atoms with E-state index in [1.807, 2.05) is 32.7 Å². The standard InChI is InChI=1S/C19H25N5O4/c1-19(2,3)28-18(25)23-9-5-6-14(23)12-22(4)17-11-20-16-10-13(24(26)27)7-8-15(16)21-17/h7-8,10-11,14H,5-6,9,12H2,1-4H3/t14-/m0/s1. The van der Waals surface area contributed by atoms with E-state index < -0.39 is 10.5 Å². The molecule has 0 spiro atoms. The summed E-state index contributed by atoms with van der Waals surface area (Å²) < 4.78 is 5.51. The Hall–Kier alpha value is -2.97. The van der Waals surface area contributed by atoms with Crippen LogP contribution in [0.1, 0.15) is 33.6 Å². The Bertz CT molecular complexity index is 896. The first-order valence-corrected chi connectivity index (χ1v) is 9.26. The average molecular weight is 387 g/mol. The molecule has 0 bridgehead atoms. The molecule has 28 heavy (non-hydrogen) atoms. The summed E-state index contributed by atoms with van der Waals surface area (Å²) in [4.78, 5) is 35.5. The predicted molar refractivity (Wildman–Crippen MR) is 105 cm³/mol. The summed E-state index contributed by atoms with van der Waals surface area (Å²) in [7, 11) is 1.90. The zero-order valence-electron chi connectivity index (χ0n) is 16.6. The number of carbonyl (C=O) groups is 1. The van der Waals surface area contributed by atoms with E-state index >= 15 is 0 Å². The number of ether oxygens (including phenoxy) is 1. The first-order chi connectivity index (χ1) is 13.1. The van der Waals surface area contributed by atoms with Gasteiger partial charge < -0.3 is 14.5 Å². The highest BCUT2D eigenvalue weighted by atomic mass is 16.6. The molecule has 1 aromatic heterocycles. The first kappa shape index (κ1) is 19.8. The number of hydrogen-bond acceptors (Lipinski definition) is 7. The fourth-order valence-corrected chi connectivity index (χ4v) is 3.28. The third-order valence-electron chi connectivity index (χ3n) is 4.60. The van der Waals surface area contributed by atoms with Crippen LogP contribution in [-0.2, 0) is 4.74 Å². The van der Waals surface area contributed by atoms with Gasteiger partial charge in [0.1, 0.15) is 11.4 Å². The van der Waals surface area contributed by atoms with Crippen molar-refractivity contribution in [3.63, 3.8) is 0 Å². The predicted octanol–water partition coefficient (Wildman–Crippen LogP) is 3.37. The van der Waals surface area contributed by atoms with Gasteiger partial charge in [-0.2, -0.15) is 0 Å². The third kappa shape index (κ3) is 4.47. The number of anilines is 1. The van der Waals surface area contributed by atoms with E-state index in [0.717, 1.165) is 12.8 Å². The van der Waals surface area contributed by atoms with Crippen molar-refractivity contribution < 1.29 is 14.5 Å². The van der Waals surface area contributed by atoms with E-state index in [2.05, 4.69) is 9.97 Å². The van der Waals surface area contributed by atoms with Gasteiger partial charge >= 0.3 is 6.09 Å². The summed E-state index contributed by atoms with van der Waals surface area (Å²) in [6.45, 7) is 6.86. The molecule has 0 saturated carbocycles. The molecule has 1 amide bonds. The van der Waals surface area contributed by atoms with Crippen LogP contribution in [0.5, 0.6) is 0 Å². The van der Waals surface area contributed by atoms with Gasteiger partial charge in [-0.05, 0) is 39.7 Å². The van der Waals surface area contributed by atoms with Crippen molar-refractivity contribution in [2.24, 2.45) is 0 Å². The van der Waals surface area contributed by atoms with E-state index in [1.165, 1.54) is 12.1 Å². The van der Waals surface area contributed by atoms with Gasteiger partial charge in [0.15, 0.2) is 0 Å². The van der Waals surface area contributed by atoms with Gasteiger partial charge in [-0.15, -0.1) is 0 Å². The second kappa shape index (κ2) is 7.57. The number of nitrogens with zero attached hydrogens (tertiary/aromatic N) is 5. The maximum Gasteiger partial charge on any atom is 0.410 e. The lowest BCUT2D eigenvalue weighted by molar-refractivity contribution is -0.384. The summed E-state index contributed by atoms with van der Waals surface area (Å²) in [5.74, 6) is 0.650. The van der Waals surface area contributed by atoms with E-state index in [9.17, 15) is 14.9 Å². The molecule has 150 valence electrons. The normalized spacial score (nSPS) is 17.0. The molecular weight excluding hydrogens is 362 g/mol. The molecule has 9 heteroatoms. The van der Waals surface area contributed by atoms with Crippen molar-refractivity contribution in [1.82, 2.24) is 14.9 Å². The molecule has 1 aliphatic rings. The van der Waals surface area contributed by atoms with Gasteiger partial charge in [-0.1, -0.05) is 0 Å². The van der Waals surface area contributed by atoms with Crippen LogP contribution in [0.25, 0.3) is 11.0 Å². The fraction of sp³-hybridized carbons (Fsp3) is 0.526. The maximum absolute atomic E-state index is 12.5. The Labute approximate surface area is 163 Å². The Balaban J connectivity index is 1.73. The molecule has 0 aliphatic carbocycles. The van der Waals surface area contributed by atoms with Crippen LogP contribution in [0.4, 0.5) is 16.3 Å². The van der Waals surface area contributed by atoms with Crippen LogP contribution in [0.2, 0.25) is 0 Å². The van der Waals surface area contributed by atoms with E-state index in [4.69, 9.17) is 4.74 Å². The number of non-ortho nitro benzene ring substituents is 1.